The number of amides is 1. The molecule has 0 saturated carbocycles. The molecule has 1 N–H and O–H groups in total. The summed E-state index contributed by atoms with van der Waals surface area (Å²) >= 11 is 0. The zero-order chi connectivity index (χ0) is 22.0. The third-order valence-corrected chi connectivity index (χ3v) is 7.85. The van der Waals surface area contributed by atoms with Gasteiger partial charge < -0.3 is 5.32 Å². The van der Waals surface area contributed by atoms with E-state index in [-0.39, 0.29) is 10.8 Å². The number of nitrogens with one attached hydrogen (secondary N) is 1. The summed E-state index contributed by atoms with van der Waals surface area (Å²) in [4.78, 5) is 13.1. The molecule has 0 aliphatic carbocycles. The number of carbonyl (C=O) groups is 1. The number of carbonyl (C=O) groups excluding carboxylic acids is 1. The van der Waals surface area contributed by atoms with Gasteiger partial charge in [0.05, 0.1) is 4.90 Å². The summed E-state index contributed by atoms with van der Waals surface area (Å²) in [5.41, 5.74) is 2.25. The van der Waals surface area contributed by atoms with Gasteiger partial charge >= 0.3 is 0 Å². The molecule has 4 rings (SSSR count). The molecule has 31 heavy (non-hydrogen) atoms. The van der Waals surface area contributed by atoms with E-state index in [1.807, 2.05) is 42.5 Å². The molecule has 1 aliphatic heterocycles. The number of hydrogen-bond acceptors (Lipinski definition) is 3. The fourth-order valence-electron chi connectivity index (χ4n) is 4.08. The zero-order valence-electron chi connectivity index (χ0n) is 17.9. The fraction of sp³-hybridized carbons (Fsp3) is 0.320. The summed E-state index contributed by atoms with van der Waals surface area (Å²) in [6.45, 7) is 5.02. The zero-order valence-corrected chi connectivity index (χ0v) is 18.7. The van der Waals surface area contributed by atoms with Gasteiger partial charge in [-0.25, -0.2) is 8.42 Å². The van der Waals surface area contributed by atoms with Crippen LogP contribution in [0.25, 0.3) is 10.8 Å². The Morgan fingerprint density at radius 3 is 2.45 bits per heavy atom. The minimum atomic E-state index is -3.75. The molecule has 1 amide bonds. The van der Waals surface area contributed by atoms with E-state index in [2.05, 4.69) is 31.3 Å². The molecule has 6 heteroatoms. The van der Waals surface area contributed by atoms with Gasteiger partial charge in [-0.2, -0.15) is 4.31 Å². The standard InChI is InChI=1S/C25H28N2O3S/c1-18(2)20-11-9-19(10-12-20)17-26-25(28)24-8-5-15-27(24)31(29,30)23-14-13-21-6-3-4-7-22(21)16-23/h3-4,6-7,9-14,16,18,24H,5,8,15,17H2,1-2H3,(H,26,28)/t24-/m0/s1. The van der Waals surface area contributed by atoms with Crippen molar-refractivity contribution in [3.63, 3.8) is 0 Å². The van der Waals surface area contributed by atoms with E-state index in [9.17, 15) is 13.2 Å². The van der Waals surface area contributed by atoms with E-state index >= 15 is 0 Å². The van der Waals surface area contributed by atoms with Crippen molar-refractivity contribution in [2.24, 2.45) is 0 Å². The predicted octanol–water partition coefficient (Wildman–Crippen LogP) is 4.43. The van der Waals surface area contributed by atoms with E-state index in [1.54, 1.807) is 12.1 Å². The highest BCUT2D eigenvalue weighted by molar-refractivity contribution is 7.89. The van der Waals surface area contributed by atoms with Gasteiger partial charge in [-0.3, -0.25) is 4.79 Å². The first-order valence-corrected chi connectivity index (χ1v) is 12.2. The molecular formula is C25H28N2O3S. The van der Waals surface area contributed by atoms with Crippen molar-refractivity contribution in [3.05, 3.63) is 77.9 Å². The fourth-order valence-corrected chi connectivity index (χ4v) is 5.77. The van der Waals surface area contributed by atoms with Crippen LogP contribution in [0.2, 0.25) is 0 Å². The largest absolute Gasteiger partial charge is 0.351 e. The Hall–Kier alpha value is -2.70. The Bertz CT molecular complexity index is 1190. The number of benzene rings is 3. The average molecular weight is 437 g/mol. The number of hydrogen-bond donors (Lipinski definition) is 1. The van der Waals surface area contributed by atoms with Crippen LogP contribution in [0, 0.1) is 0 Å². The van der Waals surface area contributed by atoms with Gasteiger partial charge in [-0.05, 0) is 52.8 Å². The third-order valence-electron chi connectivity index (χ3n) is 5.95. The second kappa shape index (κ2) is 8.81. The van der Waals surface area contributed by atoms with Crippen LogP contribution in [0.1, 0.15) is 43.7 Å². The average Bonchev–Trinajstić information content (AvgIpc) is 3.28. The molecule has 1 atom stereocenters. The van der Waals surface area contributed by atoms with Gasteiger partial charge in [0.15, 0.2) is 0 Å². The molecule has 1 fully saturated rings. The lowest BCUT2D eigenvalue weighted by molar-refractivity contribution is -0.124. The molecule has 162 valence electrons. The lowest BCUT2D eigenvalue weighted by Gasteiger charge is -2.23. The highest BCUT2D eigenvalue weighted by Crippen LogP contribution is 2.28. The van der Waals surface area contributed by atoms with Gasteiger partial charge in [0.2, 0.25) is 15.9 Å². The molecule has 0 aromatic heterocycles. The summed E-state index contributed by atoms with van der Waals surface area (Å²) in [6, 6.07) is 20.3. The maximum Gasteiger partial charge on any atom is 0.243 e. The van der Waals surface area contributed by atoms with Gasteiger partial charge in [-0.1, -0.05) is 68.4 Å². The lowest BCUT2D eigenvalue weighted by Crippen LogP contribution is -2.45. The molecule has 0 unspecified atom stereocenters. The van der Waals surface area contributed by atoms with Crippen LogP contribution in [0.15, 0.2) is 71.6 Å². The van der Waals surface area contributed by atoms with Crippen LogP contribution >= 0.6 is 0 Å². The highest BCUT2D eigenvalue weighted by atomic mass is 32.2. The van der Waals surface area contributed by atoms with E-state index in [4.69, 9.17) is 0 Å². The van der Waals surface area contributed by atoms with Crippen LogP contribution in [-0.4, -0.2) is 31.2 Å². The van der Waals surface area contributed by atoms with Gasteiger partial charge in [0.25, 0.3) is 0 Å². The smallest absolute Gasteiger partial charge is 0.243 e. The summed E-state index contributed by atoms with van der Waals surface area (Å²) < 4.78 is 28.0. The maximum atomic E-state index is 13.3. The van der Waals surface area contributed by atoms with Crippen molar-refractivity contribution in [1.82, 2.24) is 9.62 Å². The van der Waals surface area contributed by atoms with E-state index in [0.29, 0.717) is 31.8 Å². The van der Waals surface area contributed by atoms with Crippen molar-refractivity contribution >= 4 is 26.7 Å². The number of fused-ring (bicyclic) bond motifs is 1. The molecule has 1 saturated heterocycles. The Labute approximate surface area is 184 Å². The van der Waals surface area contributed by atoms with Crippen molar-refractivity contribution in [2.45, 2.75) is 50.1 Å². The van der Waals surface area contributed by atoms with Crippen LogP contribution in [0.3, 0.4) is 0 Å². The molecule has 0 radical (unpaired) electrons. The van der Waals surface area contributed by atoms with E-state index in [0.717, 1.165) is 16.3 Å². The molecule has 0 spiro atoms. The van der Waals surface area contributed by atoms with Gasteiger partial charge in [0.1, 0.15) is 6.04 Å². The predicted molar refractivity (Wildman–Crippen MR) is 123 cm³/mol. The monoisotopic (exact) mass is 436 g/mol. The molecule has 3 aromatic carbocycles. The summed E-state index contributed by atoms with van der Waals surface area (Å²) in [7, 11) is -3.75. The lowest BCUT2D eigenvalue weighted by atomic mass is 10.0. The van der Waals surface area contributed by atoms with Crippen LogP contribution in [0.4, 0.5) is 0 Å². The second-order valence-electron chi connectivity index (χ2n) is 8.40. The number of rotatable bonds is 6. The van der Waals surface area contributed by atoms with Crippen molar-refractivity contribution in [1.29, 1.82) is 0 Å². The minimum Gasteiger partial charge on any atom is -0.351 e. The first-order valence-electron chi connectivity index (χ1n) is 10.7. The van der Waals surface area contributed by atoms with Crippen molar-refractivity contribution in [3.8, 4) is 0 Å². The number of sulfonamides is 1. The van der Waals surface area contributed by atoms with Crippen LogP contribution in [-0.2, 0) is 21.4 Å². The Balaban J connectivity index is 1.48. The quantitative estimate of drug-likeness (QED) is 0.622. The normalized spacial score (nSPS) is 17.3. The van der Waals surface area contributed by atoms with Crippen LogP contribution < -0.4 is 5.32 Å². The first-order chi connectivity index (χ1) is 14.9. The van der Waals surface area contributed by atoms with E-state index in [1.165, 1.54) is 9.87 Å². The summed E-state index contributed by atoms with van der Waals surface area (Å²) in [6.07, 6.45) is 1.21. The minimum absolute atomic E-state index is 0.232. The Morgan fingerprint density at radius 2 is 1.74 bits per heavy atom. The molecular weight excluding hydrogens is 408 g/mol. The highest BCUT2D eigenvalue weighted by Gasteiger charge is 2.39. The summed E-state index contributed by atoms with van der Waals surface area (Å²) in [5, 5.41) is 4.78. The molecule has 1 heterocycles. The Morgan fingerprint density at radius 1 is 1.03 bits per heavy atom. The summed E-state index contributed by atoms with van der Waals surface area (Å²) in [5.74, 6) is 0.214. The van der Waals surface area contributed by atoms with Gasteiger partial charge in [0, 0.05) is 13.1 Å². The molecule has 1 aliphatic rings. The molecule has 3 aromatic rings. The Kier molecular flexibility index (Phi) is 6.12. The van der Waals surface area contributed by atoms with Crippen LogP contribution in [0.5, 0.6) is 0 Å². The van der Waals surface area contributed by atoms with E-state index < -0.39 is 16.1 Å². The first kappa shape index (κ1) is 21.5. The van der Waals surface area contributed by atoms with Gasteiger partial charge in [-0.15, -0.1) is 0 Å². The number of nitrogens with zero attached hydrogens (tertiary/aromatic N) is 1. The second-order valence-corrected chi connectivity index (χ2v) is 10.3. The SMILES string of the molecule is CC(C)c1ccc(CNC(=O)[C@@H]2CCCN2S(=O)(=O)c2ccc3ccccc3c2)cc1. The van der Waals surface area contributed by atoms with Crippen molar-refractivity contribution < 1.29 is 13.2 Å². The topological polar surface area (TPSA) is 66.5 Å². The van der Waals surface area contributed by atoms with Crippen molar-refractivity contribution in [2.75, 3.05) is 6.54 Å². The third kappa shape index (κ3) is 4.50. The maximum absolute atomic E-state index is 13.3. The molecule has 5 nitrogen and oxygen atoms in total. The molecule has 0 bridgehead atoms.